The standard InChI is InChI=1S/C20H19FN4O/c1-14-6-2-5-9-17(14)25-20(26)18-12-19(24-13-23-18)22-11-10-15-7-3-4-8-16(15)21/h2-9,12-13H,10-11H2,1H3,(H,25,26)(H,22,23,24). The number of hydrogen-bond acceptors (Lipinski definition) is 4. The molecule has 3 rings (SSSR count). The average molecular weight is 350 g/mol. The lowest BCUT2D eigenvalue weighted by molar-refractivity contribution is 0.102. The first-order valence-corrected chi connectivity index (χ1v) is 8.30. The highest BCUT2D eigenvalue weighted by Crippen LogP contribution is 2.15. The molecule has 0 radical (unpaired) electrons. The summed E-state index contributed by atoms with van der Waals surface area (Å²) in [6.45, 7) is 2.42. The highest BCUT2D eigenvalue weighted by molar-refractivity contribution is 6.03. The van der Waals surface area contributed by atoms with Gasteiger partial charge in [0.05, 0.1) is 0 Å². The molecule has 0 aliphatic carbocycles. The number of anilines is 2. The number of aromatic nitrogens is 2. The molecule has 0 aliphatic rings. The van der Waals surface area contributed by atoms with Gasteiger partial charge in [0.25, 0.3) is 5.91 Å². The van der Waals surface area contributed by atoms with Gasteiger partial charge >= 0.3 is 0 Å². The SMILES string of the molecule is Cc1ccccc1NC(=O)c1cc(NCCc2ccccc2F)ncn1. The molecule has 1 heterocycles. The highest BCUT2D eigenvalue weighted by atomic mass is 19.1. The number of carbonyl (C=O) groups excluding carboxylic acids is 1. The van der Waals surface area contributed by atoms with Crippen LogP contribution in [0.5, 0.6) is 0 Å². The summed E-state index contributed by atoms with van der Waals surface area (Å²) in [5.74, 6) is -0.0135. The van der Waals surface area contributed by atoms with Crippen molar-refractivity contribution in [3.8, 4) is 0 Å². The maximum atomic E-state index is 13.6. The first-order chi connectivity index (χ1) is 12.6. The zero-order chi connectivity index (χ0) is 18.4. The van der Waals surface area contributed by atoms with Crippen LogP contribution < -0.4 is 10.6 Å². The van der Waals surface area contributed by atoms with Crippen molar-refractivity contribution in [2.75, 3.05) is 17.2 Å². The number of halogens is 1. The maximum absolute atomic E-state index is 13.6. The van der Waals surface area contributed by atoms with E-state index in [1.54, 1.807) is 24.3 Å². The molecule has 5 nitrogen and oxygen atoms in total. The molecule has 0 spiro atoms. The van der Waals surface area contributed by atoms with E-state index < -0.39 is 0 Å². The summed E-state index contributed by atoms with van der Waals surface area (Å²) in [6.07, 6.45) is 1.85. The topological polar surface area (TPSA) is 66.9 Å². The van der Waals surface area contributed by atoms with Crippen LogP contribution >= 0.6 is 0 Å². The fourth-order valence-electron chi connectivity index (χ4n) is 2.50. The molecule has 0 bridgehead atoms. The molecule has 1 amide bonds. The number of hydrogen-bond donors (Lipinski definition) is 2. The number of carbonyl (C=O) groups is 1. The molecule has 0 unspecified atom stereocenters. The molecular formula is C20H19FN4O. The second-order valence-corrected chi connectivity index (χ2v) is 5.83. The Balaban J connectivity index is 1.62. The highest BCUT2D eigenvalue weighted by Gasteiger charge is 2.10. The summed E-state index contributed by atoms with van der Waals surface area (Å²) in [6, 6.07) is 15.8. The van der Waals surface area contributed by atoms with Crippen LogP contribution in [0.4, 0.5) is 15.9 Å². The molecule has 2 N–H and O–H groups in total. The van der Waals surface area contributed by atoms with E-state index in [0.717, 1.165) is 11.3 Å². The van der Waals surface area contributed by atoms with Gasteiger partial charge in [-0.1, -0.05) is 36.4 Å². The number of para-hydroxylation sites is 1. The Labute approximate surface area is 151 Å². The molecule has 0 atom stereocenters. The summed E-state index contributed by atoms with van der Waals surface area (Å²) in [4.78, 5) is 20.5. The Hall–Kier alpha value is -3.28. The molecule has 0 saturated heterocycles. The number of nitrogens with one attached hydrogen (secondary N) is 2. The van der Waals surface area contributed by atoms with Gasteiger partial charge in [0, 0.05) is 18.3 Å². The second kappa shape index (κ2) is 8.20. The Morgan fingerprint density at radius 1 is 1.08 bits per heavy atom. The Morgan fingerprint density at radius 3 is 2.65 bits per heavy atom. The smallest absolute Gasteiger partial charge is 0.274 e. The third kappa shape index (κ3) is 4.42. The van der Waals surface area contributed by atoms with E-state index in [-0.39, 0.29) is 17.4 Å². The molecule has 0 aliphatic heterocycles. The van der Waals surface area contributed by atoms with Gasteiger partial charge in [-0.25, -0.2) is 14.4 Å². The van der Waals surface area contributed by atoms with Crippen LogP contribution in [0.1, 0.15) is 21.6 Å². The van der Waals surface area contributed by atoms with E-state index >= 15 is 0 Å². The normalized spacial score (nSPS) is 10.4. The quantitative estimate of drug-likeness (QED) is 0.709. The third-order valence-corrected chi connectivity index (χ3v) is 3.95. The van der Waals surface area contributed by atoms with Gasteiger partial charge in [-0.3, -0.25) is 4.79 Å². The number of rotatable bonds is 6. The minimum absolute atomic E-state index is 0.227. The van der Waals surface area contributed by atoms with Gasteiger partial charge in [-0.05, 0) is 36.6 Å². The zero-order valence-electron chi connectivity index (χ0n) is 14.4. The summed E-state index contributed by atoms with van der Waals surface area (Å²) in [5.41, 5.74) is 2.60. The minimum atomic E-state index is -0.307. The summed E-state index contributed by atoms with van der Waals surface area (Å²) >= 11 is 0. The summed E-state index contributed by atoms with van der Waals surface area (Å²) in [5, 5.41) is 5.93. The van der Waals surface area contributed by atoms with Crippen LogP contribution in [0.25, 0.3) is 0 Å². The van der Waals surface area contributed by atoms with Gasteiger partial charge in [0.15, 0.2) is 0 Å². The van der Waals surface area contributed by atoms with Crippen molar-refractivity contribution in [2.24, 2.45) is 0 Å². The molecule has 2 aromatic carbocycles. The predicted molar refractivity (Wildman–Crippen MR) is 99.8 cm³/mol. The molecule has 3 aromatic rings. The van der Waals surface area contributed by atoms with Crippen molar-refractivity contribution in [1.82, 2.24) is 9.97 Å². The molecule has 0 fully saturated rings. The Bertz CT molecular complexity index is 914. The van der Waals surface area contributed by atoms with E-state index in [2.05, 4.69) is 20.6 Å². The monoisotopic (exact) mass is 350 g/mol. The molecule has 1 aromatic heterocycles. The molecule has 0 saturated carbocycles. The lowest BCUT2D eigenvalue weighted by Gasteiger charge is -2.09. The summed E-state index contributed by atoms with van der Waals surface area (Å²) < 4.78 is 13.6. The lowest BCUT2D eigenvalue weighted by Crippen LogP contribution is -2.15. The van der Waals surface area contributed by atoms with Gasteiger partial charge in [0.2, 0.25) is 0 Å². The largest absolute Gasteiger partial charge is 0.370 e. The van der Waals surface area contributed by atoms with Crippen molar-refractivity contribution < 1.29 is 9.18 Å². The van der Waals surface area contributed by atoms with Crippen LogP contribution in [-0.2, 0) is 6.42 Å². The van der Waals surface area contributed by atoms with E-state index in [1.807, 2.05) is 31.2 Å². The van der Waals surface area contributed by atoms with Gasteiger partial charge in [-0.2, -0.15) is 0 Å². The van der Waals surface area contributed by atoms with Gasteiger partial charge < -0.3 is 10.6 Å². The van der Waals surface area contributed by atoms with Crippen molar-refractivity contribution >= 4 is 17.4 Å². The van der Waals surface area contributed by atoms with E-state index in [9.17, 15) is 9.18 Å². The lowest BCUT2D eigenvalue weighted by atomic mass is 10.1. The molecular weight excluding hydrogens is 331 g/mol. The van der Waals surface area contributed by atoms with Crippen LogP contribution in [-0.4, -0.2) is 22.4 Å². The number of aryl methyl sites for hydroxylation is 1. The van der Waals surface area contributed by atoms with E-state index in [0.29, 0.717) is 24.3 Å². The fourth-order valence-corrected chi connectivity index (χ4v) is 2.50. The maximum Gasteiger partial charge on any atom is 0.274 e. The van der Waals surface area contributed by atoms with Crippen molar-refractivity contribution in [2.45, 2.75) is 13.3 Å². The first kappa shape index (κ1) is 17.5. The third-order valence-electron chi connectivity index (χ3n) is 3.95. The van der Waals surface area contributed by atoms with Crippen molar-refractivity contribution in [1.29, 1.82) is 0 Å². The molecule has 6 heteroatoms. The molecule has 132 valence electrons. The van der Waals surface area contributed by atoms with Crippen LogP contribution in [0.3, 0.4) is 0 Å². The average Bonchev–Trinajstić information content (AvgIpc) is 2.65. The molecule has 26 heavy (non-hydrogen) atoms. The Kier molecular flexibility index (Phi) is 5.53. The summed E-state index contributed by atoms with van der Waals surface area (Å²) in [7, 11) is 0. The van der Waals surface area contributed by atoms with E-state index in [1.165, 1.54) is 12.4 Å². The van der Waals surface area contributed by atoms with Gasteiger partial charge in [-0.15, -0.1) is 0 Å². The number of benzene rings is 2. The van der Waals surface area contributed by atoms with E-state index in [4.69, 9.17) is 0 Å². The number of amides is 1. The Morgan fingerprint density at radius 2 is 1.85 bits per heavy atom. The first-order valence-electron chi connectivity index (χ1n) is 8.30. The predicted octanol–water partition coefficient (Wildman–Crippen LogP) is 3.83. The second-order valence-electron chi connectivity index (χ2n) is 5.83. The van der Waals surface area contributed by atoms with Crippen LogP contribution in [0.15, 0.2) is 60.9 Å². The van der Waals surface area contributed by atoms with Crippen LogP contribution in [0.2, 0.25) is 0 Å². The van der Waals surface area contributed by atoms with Gasteiger partial charge in [0.1, 0.15) is 23.7 Å². The number of nitrogens with zero attached hydrogens (tertiary/aromatic N) is 2. The van der Waals surface area contributed by atoms with Crippen LogP contribution in [0, 0.1) is 12.7 Å². The van der Waals surface area contributed by atoms with Crippen molar-refractivity contribution in [3.63, 3.8) is 0 Å². The minimum Gasteiger partial charge on any atom is -0.370 e. The fraction of sp³-hybridized carbons (Fsp3) is 0.150. The van der Waals surface area contributed by atoms with Crippen molar-refractivity contribution in [3.05, 3.63) is 83.6 Å². The zero-order valence-corrected chi connectivity index (χ0v) is 14.4.